The number of rotatable bonds is 0. The lowest BCUT2D eigenvalue weighted by Gasteiger charge is -1.94. The standard InChI is InChI=1S/C5H9NO/c1-2-4-6-7-5-3-1/h1,3,6H,2,4-5H2/i/hD. The lowest BCUT2D eigenvalue weighted by molar-refractivity contribution is 0.0678. The summed E-state index contributed by atoms with van der Waals surface area (Å²) in [6.45, 7) is 1.22. The maximum Gasteiger partial charge on any atom is 0.155 e. The van der Waals surface area contributed by atoms with Gasteiger partial charge in [0.15, 0.2) is 1.41 Å². The highest BCUT2D eigenvalue weighted by Crippen LogP contribution is 1.85. The molecule has 0 spiro atoms. The summed E-state index contributed by atoms with van der Waals surface area (Å²) >= 11 is 0. The zero-order valence-corrected chi connectivity index (χ0v) is 4.13. The summed E-state index contributed by atoms with van der Waals surface area (Å²) in [6.07, 6.45) is 4.87. The van der Waals surface area contributed by atoms with Crippen molar-refractivity contribution >= 4 is 0 Å². The van der Waals surface area contributed by atoms with Crippen LogP contribution in [0.15, 0.2) is 12.2 Å². The van der Waals surface area contributed by atoms with Gasteiger partial charge >= 0.3 is 0 Å². The lowest BCUT2D eigenvalue weighted by atomic mass is 10.4. The second-order valence-corrected chi connectivity index (χ2v) is 1.41. The van der Waals surface area contributed by atoms with Gasteiger partial charge in [-0.05, 0) is 6.42 Å². The summed E-state index contributed by atoms with van der Waals surface area (Å²) in [4.78, 5) is 4.82. The Kier molecular flexibility index (Phi) is 1.44. The van der Waals surface area contributed by atoms with Gasteiger partial charge in [0.05, 0.1) is 6.61 Å². The van der Waals surface area contributed by atoms with Gasteiger partial charge in [-0.1, -0.05) is 12.2 Å². The van der Waals surface area contributed by atoms with Crippen molar-refractivity contribution in [3.8, 4) is 0 Å². The predicted octanol–water partition coefficient (Wildman–Crippen LogP) is 0.468. The van der Waals surface area contributed by atoms with Crippen molar-refractivity contribution in [2.75, 3.05) is 13.2 Å². The molecule has 40 valence electrons. The first-order valence-electron chi connectivity index (χ1n) is 2.88. The van der Waals surface area contributed by atoms with Gasteiger partial charge in [-0.2, -0.15) is 0 Å². The molecule has 0 unspecified atom stereocenters. The largest absolute Gasteiger partial charge is 0.298 e. The van der Waals surface area contributed by atoms with Crippen LogP contribution in [0.5, 0.6) is 0 Å². The van der Waals surface area contributed by atoms with Crippen molar-refractivity contribution in [3.05, 3.63) is 12.2 Å². The summed E-state index contributed by atoms with van der Waals surface area (Å²) in [7, 11) is 0. The molecule has 1 rings (SSSR count). The molecule has 1 aliphatic rings. The quantitative estimate of drug-likeness (QED) is 0.447. The van der Waals surface area contributed by atoms with Crippen LogP contribution in [0.3, 0.4) is 0 Å². The molecule has 1 aliphatic heterocycles. The third-order valence-corrected chi connectivity index (χ3v) is 0.816. The highest BCUT2D eigenvalue weighted by Gasteiger charge is 1.86. The van der Waals surface area contributed by atoms with Gasteiger partial charge in [0.25, 0.3) is 0 Å². The molecule has 0 radical (unpaired) electrons. The van der Waals surface area contributed by atoms with Gasteiger partial charge in [-0.15, -0.1) is 0 Å². The number of hydroxylamine groups is 1. The van der Waals surface area contributed by atoms with E-state index in [1.54, 1.807) is 0 Å². The molecule has 0 fully saturated rings. The Morgan fingerprint density at radius 1 is 1.71 bits per heavy atom. The normalized spacial score (nSPS) is 26.6. The Morgan fingerprint density at radius 3 is 3.71 bits per heavy atom. The van der Waals surface area contributed by atoms with Gasteiger partial charge in [0.1, 0.15) is 0 Å². The topological polar surface area (TPSA) is 21.3 Å². The Hall–Kier alpha value is -0.340. The molecule has 0 saturated heterocycles. The first-order chi connectivity index (χ1) is 3.89. The summed E-state index contributed by atoms with van der Waals surface area (Å²) in [5, 5.41) is 0. The Labute approximate surface area is 44.6 Å². The average molecular weight is 100 g/mol. The van der Waals surface area contributed by atoms with E-state index in [2.05, 4.69) is 0 Å². The molecule has 0 aromatic heterocycles. The number of hydrogen-bond acceptors (Lipinski definition) is 2. The fourth-order valence-corrected chi connectivity index (χ4v) is 0.473. The molecule has 0 aromatic rings. The van der Waals surface area contributed by atoms with E-state index in [1.807, 2.05) is 12.2 Å². The highest BCUT2D eigenvalue weighted by atomic mass is 16.6. The Bertz CT molecular complexity index is 84.4. The number of nitrogens with one attached hydrogen (secondary N) is 1. The van der Waals surface area contributed by atoms with Crippen LogP contribution in [-0.2, 0) is 4.84 Å². The van der Waals surface area contributed by atoms with Crippen LogP contribution in [0.25, 0.3) is 0 Å². The van der Waals surface area contributed by atoms with Crippen molar-refractivity contribution in [2.24, 2.45) is 0 Å². The van der Waals surface area contributed by atoms with Crippen LogP contribution in [0, 0.1) is 0 Å². The summed E-state index contributed by atoms with van der Waals surface area (Å²) in [5.74, 6) is 0. The second kappa shape index (κ2) is 2.77. The van der Waals surface area contributed by atoms with Gasteiger partial charge in [-0.25, -0.2) is 5.47 Å². The lowest BCUT2D eigenvalue weighted by Crippen LogP contribution is -2.12. The minimum Gasteiger partial charge on any atom is -0.298 e. The minimum atomic E-state index is 0.545. The molecule has 2 nitrogen and oxygen atoms in total. The third kappa shape index (κ3) is 1.71. The van der Waals surface area contributed by atoms with Crippen molar-refractivity contribution in [1.29, 1.82) is 0 Å². The molecule has 0 atom stereocenters. The third-order valence-electron chi connectivity index (χ3n) is 0.816. The van der Waals surface area contributed by atoms with Crippen molar-refractivity contribution < 1.29 is 6.25 Å². The fraction of sp³-hybridized carbons (Fsp3) is 0.600. The van der Waals surface area contributed by atoms with E-state index in [-0.39, 0.29) is 0 Å². The second-order valence-electron chi connectivity index (χ2n) is 1.41. The van der Waals surface area contributed by atoms with E-state index < -0.39 is 0 Å². The first-order valence-corrected chi connectivity index (χ1v) is 2.44. The van der Waals surface area contributed by atoms with Crippen LogP contribution in [-0.4, -0.2) is 13.2 Å². The van der Waals surface area contributed by atoms with E-state index >= 15 is 0 Å². The molecule has 2 heteroatoms. The maximum atomic E-state index is 6.98. The molecular weight excluding hydrogens is 90.1 g/mol. The minimum absolute atomic E-state index is 0.545. The van der Waals surface area contributed by atoms with Crippen molar-refractivity contribution in [1.82, 2.24) is 5.47 Å². The van der Waals surface area contributed by atoms with E-state index in [4.69, 9.17) is 6.25 Å². The average Bonchev–Trinajstić information content (AvgIpc) is 1.94. The van der Waals surface area contributed by atoms with Gasteiger partial charge < -0.3 is 0 Å². The monoisotopic (exact) mass is 100 g/mol. The first kappa shape index (κ1) is 3.64. The van der Waals surface area contributed by atoms with Crippen LogP contribution in [0.1, 0.15) is 6.42 Å². The van der Waals surface area contributed by atoms with Crippen LogP contribution < -0.4 is 5.47 Å². The molecule has 1 heterocycles. The van der Waals surface area contributed by atoms with Gasteiger partial charge in [0, 0.05) is 6.54 Å². The zero-order valence-electron chi connectivity index (χ0n) is 5.13. The Balaban J connectivity index is 2.28. The summed E-state index contributed by atoms with van der Waals surface area (Å²) in [6, 6.07) is 0. The van der Waals surface area contributed by atoms with Crippen LogP contribution >= 0.6 is 0 Å². The molecule has 0 amide bonds. The molecule has 0 aliphatic carbocycles. The molecule has 7 heavy (non-hydrogen) atoms. The van der Waals surface area contributed by atoms with E-state index in [1.165, 1.54) is 0 Å². The maximum absolute atomic E-state index is 6.98. The van der Waals surface area contributed by atoms with Crippen LogP contribution in [0.2, 0.25) is 1.41 Å². The molecule has 1 N–H and O–H groups in total. The van der Waals surface area contributed by atoms with Gasteiger partial charge in [0.2, 0.25) is 0 Å². The van der Waals surface area contributed by atoms with Crippen LogP contribution in [0.4, 0.5) is 0 Å². The van der Waals surface area contributed by atoms with Crippen molar-refractivity contribution in [2.45, 2.75) is 6.42 Å². The predicted molar refractivity (Wildman–Crippen MR) is 27.7 cm³/mol. The van der Waals surface area contributed by atoms with E-state index in [9.17, 15) is 0 Å². The highest BCUT2D eigenvalue weighted by molar-refractivity contribution is 4.82. The van der Waals surface area contributed by atoms with E-state index in [0.29, 0.717) is 13.2 Å². The van der Waals surface area contributed by atoms with E-state index in [0.717, 1.165) is 11.9 Å². The number of hydrogen-bond donors (Lipinski definition) is 1. The zero-order chi connectivity index (χ0) is 5.82. The smallest absolute Gasteiger partial charge is 0.155 e. The summed E-state index contributed by atoms with van der Waals surface area (Å²) in [5.41, 5.74) is 1.11. The molecule has 0 saturated carbocycles. The summed E-state index contributed by atoms with van der Waals surface area (Å²) < 4.78 is 6.98. The van der Waals surface area contributed by atoms with Gasteiger partial charge in [-0.3, -0.25) is 4.84 Å². The fourth-order valence-electron chi connectivity index (χ4n) is 0.473. The SMILES string of the molecule is [2H]N1CCC=CCO1. The molecule has 0 bridgehead atoms. The molecule has 0 aromatic carbocycles. The Morgan fingerprint density at radius 2 is 2.71 bits per heavy atom. The van der Waals surface area contributed by atoms with Crippen molar-refractivity contribution in [3.63, 3.8) is 0 Å². The molecular formula is C5H9NO.